The standard InChI is InChI=1S/C15H25NO/c1-4-16-12(17)15-7-11-5-13(2,9-15)8-14(3,6-11)10-15/h11H,4-10H2,1-3H3,(H,16,17)/t11?,13-,14-,15?/m0/s1. The van der Waals surface area contributed by atoms with Crippen LogP contribution in [0.5, 0.6) is 0 Å². The van der Waals surface area contributed by atoms with E-state index >= 15 is 0 Å². The van der Waals surface area contributed by atoms with Crippen molar-refractivity contribution >= 4 is 5.91 Å². The van der Waals surface area contributed by atoms with Gasteiger partial charge in [-0.05, 0) is 62.2 Å². The number of carbonyl (C=O) groups is 1. The lowest BCUT2D eigenvalue weighted by Crippen LogP contribution is -2.59. The van der Waals surface area contributed by atoms with E-state index in [4.69, 9.17) is 0 Å². The molecule has 2 nitrogen and oxygen atoms in total. The molecule has 0 unspecified atom stereocenters. The van der Waals surface area contributed by atoms with E-state index in [1.807, 2.05) is 6.92 Å². The third-order valence-electron chi connectivity index (χ3n) is 5.45. The first-order chi connectivity index (χ1) is 7.89. The number of rotatable bonds is 2. The summed E-state index contributed by atoms with van der Waals surface area (Å²) in [7, 11) is 0. The molecule has 1 amide bonds. The van der Waals surface area contributed by atoms with Crippen molar-refractivity contribution in [3.63, 3.8) is 0 Å². The summed E-state index contributed by atoms with van der Waals surface area (Å²) in [6, 6.07) is 0. The maximum absolute atomic E-state index is 12.5. The SMILES string of the molecule is CCNC(=O)C12CC3C[C@](C)(C1)C[C@](C)(C3)C2. The third-order valence-corrected chi connectivity index (χ3v) is 5.45. The predicted molar refractivity (Wildman–Crippen MR) is 68.5 cm³/mol. The van der Waals surface area contributed by atoms with Crippen LogP contribution in [-0.4, -0.2) is 12.5 Å². The normalized spacial score (nSPS) is 51.6. The molecule has 4 fully saturated rings. The van der Waals surface area contributed by atoms with Gasteiger partial charge in [-0.25, -0.2) is 0 Å². The van der Waals surface area contributed by atoms with Crippen molar-refractivity contribution in [3.8, 4) is 0 Å². The van der Waals surface area contributed by atoms with Gasteiger partial charge in [0.1, 0.15) is 0 Å². The Morgan fingerprint density at radius 3 is 2.18 bits per heavy atom. The second kappa shape index (κ2) is 3.27. The van der Waals surface area contributed by atoms with Crippen molar-refractivity contribution in [2.45, 2.75) is 59.3 Å². The van der Waals surface area contributed by atoms with Crippen LogP contribution < -0.4 is 5.32 Å². The molecule has 96 valence electrons. The van der Waals surface area contributed by atoms with Crippen LogP contribution in [0.2, 0.25) is 0 Å². The van der Waals surface area contributed by atoms with Crippen LogP contribution in [0.3, 0.4) is 0 Å². The van der Waals surface area contributed by atoms with Crippen LogP contribution in [0, 0.1) is 22.2 Å². The highest BCUT2D eigenvalue weighted by Gasteiger charge is 2.62. The molecule has 0 aliphatic heterocycles. The van der Waals surface area contributed by atoms with Gasteiger partial charge in [-0.2, -0.15) is 0 Å². The largest absolute Gasteiger partial charge is 0.356 e. The summed E-state index contributed by atoms with van der Waals surface area (Å²) in [5.41, 5.74) is 0.872. The summed E-state index contributed by atoms with van der Waals surface area (Å²) in [5, 5.41) is 3.10. The minimum Gasteiger partial charge on any atom is -0.356 e. The van der Waals surface area contributed by atoms with Crippen molar-refractivity contribution in [2.75, 3.05) is 6.54 Å². The zero-order valence-electron chi connectivity index (χ0n) is 11.4. The molecule has 0 saturated heterocycles. The van der Waals surface area contributed by atoms with E-state index in [1.165, 1.54) is 19.3 Å². The van der Waals surface area contributed by atoms with E-state index in [2.05, 4.69) is 19.2 Å². The van der Waals surface area contributed by atoms with Gasteiger partial charge in [-0.1, -0.05) is 13.8 Å². The average molecular weight is 235 g/mol. The Kier molecular flexibility index (Phi) is 2.22. The minimum atomic E-state index is -0.0150. The molecule has 4 bridgehead atoms. The molecule has 4 aliphatic rings. The van der Waals surface area contributed by atoms with E-state index in [9.17, 15) is 4.79 Å². The van der Waals surface area contributed by atoms with E-state index in [0.717, 1.165) is 31.7 Å². The second-order valence-electron chi connectivity index (χ2n) is 7.77. The van der Waals surface area contributed by atoms with Crippen LogP contribution in [0.4, 0.5) is 0 Å². The first-order valence-electron chi connectivity index (χ1n) is 7.17. The van der Waals surface area contributed by atoms with Crippen LogP contribution in [0.15, 0.2) is 0 Å². The van der Waals surface area contributed by atoms with E-state index in [-0.39, 0.29) is 5.41 Å². The third kappa shape index (κ3) is 1.63. The molecule has 0 aromatic heterocycles. The Morgan fingerprint density at radius 2 is 1.71 bits per heavy atom. The Hall–Kier alpha value is -0.530. The van der Waals surface area contributed by atoms with Gasteiger partial charge in [0, 0.05) is 6.54 Å². The zero-order valence-corrected chi connectivity index (χ0v) is 11.4. The molecule has 4 aliphatic carbocycles. The summed E-state index contributed by atoms with van der Waals surface area (Å²) in [4.78, 5) is 12.5. The molecule has 2 atom stereocenters. The molecule has 2 heteroatoms. The second-order valence-corrected chi connectivity index (χ2v) is 7.77. The van der Waals surface area contributed by atoms with Crippen LogP contribution in [0.1, 0.15) is 59.3 Å². The zero-order chi connectivity index (χ0) is 12.3. The Balaban J connectivity index is 1.94. The highest BCUT2D eigenvalue weighted by Crippen LogP contribution is 2.69. The van der Waals surface area contributed by atoms with Crippen molar-refractivity contribution in [2.24, 2.45) is 22.2 Å². The first kappa shape index (κ1) is 11.6. The predicted octanol–water partition coefficient (Wildman–Crippen LogP) is 3.12. The summed E-state index contributed by atoms with van der Waals surface area (Å²) in [6.45, 7) is 7.65. The molecule has 0 heterocycles. The maximum atomic E-state index is 12.5. The number of carbonyl (C=O) groups excluding carboxylic acids is 1. The molecule has 0 radical (unpaired) electrons. The van der Waals surface area contributed by atoms with Crippen molar-refractivity contribution < 1.29 is 4.79 Å². The fourth-order valence-electron chi connectivity index (χ4n) is 6.05. The Bertz CT molecular complexity index is 344. The van der Waals surface area contributed by atoms with Gasteiger partial charge in [0.05, 0.1) is 5.41 Å². The van der Waals surface area contributed by atoms with E-state index in [1.54, 1.807) is 0 Å². The molecule has 0 spiro atoms. The molecule has 4 saturated carbocycles. The van der Waals surface area contributed by atoms with Gasteiger partial charge >= 0.3 is 0 Å². The van der Waals surface area contributed by atoms with Gasteiger partial charge in [-0.15, -0.1) is 0 Å². The first-order valence-corrected chi connectivity index (χ1v) is 7.17. The van der Waals surface area contributed by atoms with Crippen molar-refractivity contribution in [1.82, 2.24) is 5.32 Å². The number of amides is 1. The molecular formula is C15H25NO. The topological polar surface area (TPSA) is 29.1 Å². The molecule has 0 aromatic carbocycles. The average Bonchev–Trinajstić information content (AvgIpc) is 2.11. The van der Waals surface area contributed by atoms with Gasteiger partial charge in [0.15, 0.2) is 0 Å². The fourth-order valence-corrected chi connectivity index (χ4v) is 6.05. The van der Waals surface area contributed by atoms with Gasteiger partial charge in [0.25, 0.3) is 0 Å². The highest BCUT2D eigenvalue weighted by molar-refractivity contribution is 5.83. The lowest BCUT2D eigenvalue weighted by Gasteiger charge is -2.64. The molecule has 0 aromatic rings. The van der Waals surface area contributed by atoms with E-state index < -0.39 is 0 Å². The Morgan fingerprint density at radius 1 is 1.12 bits per heavy atom. The smallest absolute Gasteiger partial charge is 0.226 e. The van der Waals surface area contributed by atoms with Gasteiger partial charge in [-0.3, -0.25) is 4.79 Å². The number of hydrogen-bond donors (Lipinski definition) is 1. The lowest BCUT2D eigenvalue weighted by atomic mass is 9.40. The fraction of sp³-hybridized carbons (Fsp3) is 0.933. The monoisotopic (exact) mass is 235 g/mol. The maximum Gasteiger partial charge on any atom is 0.226 e. The van der Waals surface area contributed by atoms with Gasteiger partial charge < -0.3 is 5.32 Å². The lowest BCUT2D eigenvalue weighted by molar-refractivity contribution is -0.170. The highest BCUT2D eigenvalue weighted by atomic mass is 16.2. The molecule has 4 rings (SSSR count). The summed E-state index contributed by atoms with van der Waals surface area (Å²) in [6.07, 6.45) is 7.50. The van der Waals surface area contributed by atoms with Crippen molar-refractivity contribution in [1.29, 1.82) is 0 Å². The molecule has 1 N–H and O–H groups in total. The van der Waals surface area contributed by atoms with Gasteiger partial charge in [0.2, 0.25) is 5.91 Å². The number of hydrogen-bond acceptors (Lipinski definition) is 1. The molecule has 17 heavy (non-hydrogen) atoms. The van der Waals surface area contributed by atoms with Crippen molar-refractivity contribution in [3.05, 3.63) is 0 Å². The Labute approximate surface area is 105 Å². The minimum absolute atomic E-state index is 0.0150. The van der Waals surface area contributed by atoms with Crippen LogP contribution >= 0.6 is 0 Å². The molecular weight excluding hydrogens is 210 g/mol. The summed E-state index contributed by atoms with van der Waals surface area (Å²) in [5.74, 6) is 1.16. The summed E-state index contributed by atoms with van der Waals surface area (Å²) < 4.78 is 0. The van der Waals surface area contributed by atoms with Crippen LogP contribution in [-0.2, 0) is 4.79 Å². The van der Waals surface area contributed by atoms with E-state index in [0.29, 0.717) is 16.7 Å². The summed E-state index contributed by atoms with van der Waals surface area (Å²) >= 11 is 0. The quantitative estimate of drug-likeness (QED) is 0.783. The van der Waals surface area contributed by atoms with Crippen LogP contribution in [0.25, 0.3) is 0 Å². The number of nitrogens with one attached hydrogen (secondary N) is 1.